The molecule has 0 aromatic heterocycles. The number of ether oxygens (including phenoxy) is 2. The summed E-state index contributed by atoms with van der Waals surface area (Å²) < 4.78 is 41.9. The molecule has 3 aromatic carbocycles. The number of hydrogen-bond acceptors (Lipinski definition) is 8. The van der Waals surface area contributed by atoms with Gasteiger partial charge in [-0.05, 0) is 82.5 Å². The Kier molecular flexibility index (Phi) is 7.85. The van der Waals surface area contributed by atoms with Gasteiger partial charge in [-0.1, -0.05) is 12.1 Å². The molecule has 0 atom stereocenters. The molecule has 1 N–H and O–H groups in total. The van der Waals surface area contributed by atoms with E-state index in [0.29, 0.717) is 17.1 Å². The molecule has 9 nitrogen and oxygen atoms in total. The van der Waals surface area contributed by atoms with Crippen molar-refractivity contribution in [3.63, 3.8) is 0 Å². The van der Waals surface area contributed by atoms with Crippen LogP contribution in [0.2, 0.25) is 0 Å². The van der Waals surface area contributed by atoms with E-state index in [-0.39, 0.29) is 23.6 Å². The van der Waals surface area contributed by atoms with E-state index in [1.165, 1.54) is 19.2 Å². The summed E-state index contributed by atoms with van der Waals surface area (Å²) in [7, 11) is -2.27. The van der Waals surface area contributed by atoms with Gasteiger partial charge in [-0.2, -0.15) is 8.42 Å². The maximum Gasteiger partial charge on any atom is 0.311 e. The second-order valence-electron chi connectivity index (χ2n) is 10.7. The molecule has 0 aliphatic carbocycles. The van der Waals surface area contributed by atoms with Gasteiger partial charge in [0.2, 0.25) is 0 Å². The van der Waals surface area contributed by atoms with Crippen LogP contribution in [0.5, 0.6) is 17.2 Å². The lowest BCUT2D eigenvalue weighted by Gasteiger charge is -2.33. The maximum atomic E-state index is 12.3. The third-order valence-corrected chi connectivity index (χ3v) is 8.33. The van der Waals surface area contributed by atoms with Crippen LogP contribution in [0.3, 0.4) is 0 Å². The van der Waals surface area contributed by atoms with Gasteiger partial charge in [0.25, 0.3) is 5.69 Å². The summed E-state index contributed by atoms with van der Waals surface area (Å²) in [6, 6.07) is 13.4. The second kappa shape index (κ2) is 10.8. The van der Waals surface area contributed by atoms with Crippen LogP contribution in [0, 0.1) is 17.0 Å². The lowest BCUT2D eigenvalue weighted by atomic mass is 9.85. The van der Waals surface area contributed by atoms with Gasteiger partial charge in [-0.3, -0.25) is 10.1 Å². The molecule has 0 bridgehead atoms. The molecule has 212 valence electrons. The summed E-state index contributed by atoms with van der Waals surface area (Å²) in [5.41, 5.74) is 5.79. The van der Waals surface area contributed by atoms with E-state index in [2.05, 4.69) is 25.2 Å². The Labute approximate surface area is 235 Å². The molecule has 40 heavy (non-hydrogen) atoms. The Bertz CT molecular complexity index is 1610. The van der Waals surface area contributed by atoms with E-state index in [9.17, 15) is 18.5 Å². The summed E-state index contributed by atoms with van der Waals surface area (Å²) >= 11 is 0. The molecule has 0 saturated heterocycles. The third kappa shape index (κ3) is 5.91. The summed E-state index contributed by atoms with van der Waals surface area (Å²) in [6.45, 7) is 11.3. The monoisotopic (exact) mass is 566 g/mol. The number of aryl methyl sites for hydroxylation is 1. The first-order valence-electron chi connectivity index (χ1n) is 12.9. The van der Waals surface area contributed by atoms with Gasteiger partial charge in [0, 0.05) is 34.5 Å². The summed E-state index contributed by atoms with van der Waals surface area (Å²) in [4.78, 5) is 10.9. The van der Waals surface area contributed by atoms with Crippen molar-refractivity contribution in [1.82, 2.24) is 0 Å². The largest absolute Gasteiger partial charge is 0.496 e. The quantitative estimate of drug-likeness (QED) is 0.169. The van der Waals surface area contributed by atoms with Crippen molar-refractivity contribution in [3.05, 3.63) is 81.4 Å². The first kappa shape index (κ1) is 28.9. The number of nitro benzene ring substituents is 1. The number of nitrogens with zero attached hydrogens (tertiary/aromatic N) is 1. The van der Waals surface area contributed by atoms with Crippen molar-refractivity contribution in [3.8, 4) is 28.4 Å². The summed E-state index contributed by atoms with van der Waals surface area (Å²) in [5, 5.41) is 14.2. The van der Waals surface area contributed by atoms with E-state index in [0.717, 1.165) is 33.5 Å². The highest BCUT2D eigenvalue weighted by Gasteiger charge is 2.27. The smallest absolute Gasteiger partial charge is 0.311 e. The van der Waals surface area contributed by atoms with Gasteiger partial charge in [0.1, 0.15) is 23.9 Å². The Morgan fingerprint density at radius 1 is 1.00 bits per heavy atom. The fourth-order valence-corrected chi connectivity index (χ4v) is 5.35. The van der Waals surface area contributed by atoms with Crippen LogP contribution in [0.1, 0.15) is 51.3 Å². The molecular weight excluding hydrogens is 532 g/mol. The van der Waals surface area contributed by atoms with E-state index >= 15 is 0 Å². The standard InChI is InChI=1S/C30H34N2O7S/c1-18(2)40(35,36)39-22-10-11-24(28(15-22)37-7)23-12-13-26-29(20(4)16-30(5,6)31-26)25(23)17-38-27-14-21(32(33)34)9-8-19(27)3/h8-16,18,31H,17H2,1-7H3. The van der Waals surface area contributed by atoms with Gasteiger partial charge in [-0.15, -0.1) is 0 Å². The van der Waals surface area contributed by atoms with Gasteiger partial charge in [0.15, 0.2) is 0 Å². The fraction of sp³-hybridized carbons (Fsp3) is 0.333. The van der Waals surface area contributed by atoms with E-state index in [1.54, 1.807) is 38.1 Å². The summed E-state index contributed by atoms with van der Waals surface area (Å²) in [6.07, 6.45) is 2.15. The zero-order chi connectivity index (χ0) is 29.4. The number of non-ortho nitro benzene ring substituents is 1. The Balaban J connectivity index is 1.84. The number of fused-ring (bicyclic) bond motifs is 1. The number of benzene rings is 3. The minimum atomic E-state index is -3.78. The van der Waals surface area contributed by atoms with Crippen molar-refractivity contribution in [1.29, 1.82) is 0 Å². The topological polar surface area (TPSA) is 117 Å². The minimum absolute atomic E-state index is 0.0518. The van der Waals surface area contributed by atoms with Crippen molar-refractivity contribution < 1.29 is 27.0 Å². The normalized spacial score (nSPS) is 14.2. The second-order valence-corrected chi connectivity index (χ2v) is 12.8. The number of allylic oxidation sites excluding steroid dienone is 1. The average Bonchev–Trinajstić information content (AvgIpc) is 2.86. The first-order chi connectivity index (χ1) is 18.7. The third-order valence-electron chi connectivity index (χ3n) is 6.75. The molecule has 3 aromatic rings. The first-order valence-corrected chi connectivity index (χ1v) is 14.3. The molecule has 1 aliphatic rings. The van der Waals surface area contributed by atoms with Gasteiger partial charge >= 0.3 is 10.1 Å². The number of nitro groups is 1. The average molecular weight is 567 g/mol. The van der Waals surface area contributed by atoms with Crippen molar-refractivity contribution >= 4 is 27.1 Å². The predicted molar refractivity (Wildman–Crippen MR) is 157 cm³/mol. The maximum absolute atomic E-state index is 12.3. The molecule has 0 saturated carbocycles. The number of nitrogens with one attached hydrogen (secondary N) is 1. The highest BCUT2D eigenvalue weighted by atomic mass is 32.2. The SMILES string of the molecule is COc1cc(OS(=O)(=O)C(C)C)ccc1-c1ccc2c(c1COc1cc([N+](=O)[O-])ccc1C)C(C)=CC(C)(C)N2. The molecule has 4 rings (SSSR count). The highest BCUT2D eigenvalue weighted by Crippen LogP contribution is 2.44. The Morgan fingerprint density at radius 2 is 1.70 bits per heavy atom. The fourth-order valence-electron chi connectivity index (χ4n) is 4.79. The highest BCUT2D eigenvalue weighted by molar-refractivity contribution is 7.87. The molecule has 1 aliphatic heterocycles. The van der Waals surface area contributed by atoms with Crippen molar-refractivity contribution in [2.75, 3.05) is 12.4 Å². The van der Waals surface area contributed by atoms with E-state index in [1.807, 2.05) is 26.0 Å². The van der Waals surface area contributed by atoms with Crippen LogP contribution in [-0.2, 0) is 16.7 Å². The summed E-state index contributed by atoms with van der Waals surface area (Å²) in [5.74, 6) is 0.991. The Hall–Kier alpha value is -4.05. The van der Waals surface area contributed by atoms with Crippen LogP contribution >= 0.6 is 0 Å². The predicted octanol–water partition coefficient (Wildman–Crippen LogP) is 6.88. The van der Waals surface area contributed by atoms with Crippen LogP contribution in [0.15, 0.2) is 54.6 Å². The molecule has 0 amide bonds. The molecule has 0 unspecified atom stereocenters. The lowest BCUT2D eigenvalue weighted by molar-refractivity contribution is -0.385. The molecule has 0 fully saturated rings. The van der Waals surface area contributed by atoms with Crippen LogP contribution in [0.25, 0.3) is 16.7 Å². The number of hydrogen-bond donors (Lipinski definition) is 1. The van der Waals surface area contributed by atoms with Gasteiger partial charge < -0.3 is 19.0 Å². The van der Waals surface area contributed by atoms with Crippen molar-refractivity contribution in [2.45, 2.75) is 58.9 Å². The molecular formula is C30H34N2O7S. The minimum Gasteiger partial charge on any atom is -0.496 e. The van der Waals surface area contributed by atoms with Crippen LogP contribution in [0.4, 0.5) is 11.4 Å². The number of anilines is 1. The number of rotatable bonds is 9. The molecule has 0 spiro atoms. The van der Waals surface area contributed by atoms with E-state index < -0.39 is 20.3 Å². The molecule has 10 heteroatoms. The molecule has 1 heterocycles. The van der Waals surface area contributed by atoms with Crippen LogP contribution < -0.4 is 19.0 Å². The zero-order valence-corrected chi connectivity index (χ0v) is 24.5. The zero-order valence-electron chi connectivity index (χ0n) is 23.7. The molecule has 0 radical (unpaired) electrons. The van der Waals surface area contributed by atoms with E-state index in [4.69, 9.17) is 13.7 Å². The lowest BCUT2D eigenvalue weighted by Crippen LogP contribution is -2.32. The van der Waals surface area contributed by atoms with Gasteiger partial charge in [0.05, 0.1) is 28.9 Å². The van der Waals surface area contributed by atoms with Crippen molar-refractivity contribution in [2.24, 2.45) is 0 Å². The number of methoxy groups -OCH3 is 1. The Morgan fingerprint density at radius 3 is 2.35 bits per heavy atom. The van der Waals surface area contributed by atoms with Crippen LogP contribution in [-0.4, -0.2) is 31.2 Å². The van der Waals surface area contributed by atoms with Gasteiger partial charge in [-0.25, -0.2) is 0 Å².